The Hall–Kier alpha value is -0.410. The van der Waals surface area contributed by atoms with Crippen molar-refractivity contribution in [2.75, 3.05) is 26.2 Å². The fourth-order valence-electron chi connectivity index (χ4n) is 3.22. The van der Waals surface area contributed by atoms with E-state index in [2.05, 4.69) is 11.8 Å². The molecule has 2 fully saturated rings. The number of carbonyl (C=O) groups is 1. The van der Waals surface area contributed by atoms with E-state index in [0.717, 1.165) is 45.5 Å². The number of hydrogen-bond donors (Lipinski definition) is 0. The molecule has 0 N–H and O–H groups in total. The first-order valence-electron chi connectivity index (χ1n) is 7.69. The quantitative estimate of drug-likeness (QED) is 0.721. The minimum atomic E-state index is -0.145. The molecule has 0 aromatic heterocycles. The molecule has 104 valence electrons. The van der Waals surface area contributed by atoms with Crippen LogP contribution in [-0.2, 0) is 9.53 Å². The molecule has 1 atom stereocenters. The summed E-state index contributed by atoms with van der Waals surface area (Å²) in [6.07, 6.45) is 8.25. The van der Waals surface area contributed by atoms with E-state index in [1.54, 1.807) is 0 Å². The van der Waals surface area contributed by atoms with E-state index in [4.69, 9.17) is 4.74 Å². The first kappa shape index (κ1) is 14.0. The maximum atomic E-state index is 12.5. The third-order valence-corrected chi connectivity index (χ3v) is 4.27. The number of hydrogen-bond acceptors (Lipinski definition) is 3. The van der Waals surface area contributed by atoms with Crippen LogP contribution in [0.2, 0.25) is 0 Å². The molecule has 2 aliphatic rings. The third kappa shape index (κ3) is 3.79. The highest BCUT2D eigenvalue weighted by Crippen LogP contribution is 2.25. The summed E-state index contributed by atoms with van der Waals surface area (Å²) in [6.45, 7) is 5.82. The van der Waals surface area contributed by atoms with E-state index in [-0.39, 0.29) is 12.0 Å². The summed E-state index contributed by atoms with van der Waals surface area (Å²) in [6, 6.07) is 0. The zero-order valence-electron chi connectivity index (χ0n) is 11.7. The molecule has 0 aromatic carbocycles. The van der Waals surface area contributed by atoms with Crippen LogP contribution in [0.3, 0.4) is 0 Å². The normalized spacial score (nSPS) is 27.9. The van der Waals surface area contributed by atoms with Gasteiger partial charge in [-0.25, -0.2) is 0 Å². The summed E-state index contributed by atoms with van der Waals surface area (Å²) in [5, 5.41) is 0. The average molecular weight is 253 g/mol. The smallest absolute Gasteiger partial charge is 0.165 e. The van der Waals surface area contributed by atoms with Gasteiger partial charge in [0.05, 0.1) is 6.61 Å². The van der Waals surface area contributed by atoms with Gasteiger partial charge < -0.3 is 4.74 Å². The molecule has 1 heterocycles. The molecule has 0 amide bonds. The topological polar surface area (TPSA) is 29.5 Å². The molecule has 1 saturated heterocycles. The average Bonchev–Trinajstić information content (AvgIpc) is 2.67. The van der Waals surface area contributed by atoms with Gasteiger partial charge in [-0.1, -0.05) is 32.6 Å². The molecule has 0 aromatic rings. The minimum absolute atomic E-state index is 0.145. The van der Waals surface area contributed by atoms with E-state index in [0.29, 0.717) is 5.78 Å². The molecule has 1 unspecified atom stereocenters. The lowest BCUT2D eigenvalue weighted by atomic mass is 9.91. The van der Waals surface area contributed by atoms with Gasteiger partial charge in [-0.15, -0.1) is 0 Å². The van der Waals surface area contributed by atoms with Crippen molar-refractivity contribution in [1.82, 2.24) is 4.90 Å². The molecule has 0 bridgehead atoms. The lowest BCUT2D eigenvalue weighted by Crippen LogP contribution is -2.47. The second-order valence-electron chi connectivity index (χ2n) is 5.75. The van der Waals surface area contributed by atoms with Gasteiger partial charge in [0.15, 0.2) is 5.78 Å². The Morgan fingerprint density at radius 1 is 1.22 bits per heavy atom. The van der Waals surface area contributed by atoms with Crippen molar-refractivity contribution < 1.29 is 9.53 Å². The molecule has 3 nitrogen and oxygen atoms in total. The van der Waals surface area contributed by atoms with Crippen molar-refractivity contribution in [3.63, 3.8) is 0 Å². The van der Waals surface area contributed by atoms with Crippen LogP contribution < -0.4 is 0 Å². The van der Waals surface area contributed by atoms with Gasteiger partial charge >= 0.3 is 0 Å². The number of Topliss-reactive ketones (excluding diaryl/α,β-unsaturated/α-hetero) is 1. The maximum Gasteiger partial charge on any atom is 0.165 e. The van der Waals surface area contributed by atoms with Crippen LogP contribution in [0.4, 0.5) is 0 Å². The van der Waals surface area contributed by atoms with Gasteiger partial charge in [-0.3, -0.25) is 9.69 Å². The first-order valence-corrected chi connectivity index (χ1v) is 7.69. The van der Waals surface area contributed by atoms with Crippen molar-refractivity contribution >= 4 is 5.78 Å². The first-order chi connectivity index (χ1) is 8.81. The van der Waals surface area contributed by atoms with Crippen molar-refractivity contribution in [2.24, 2.45) is 5.92 Å². The van der Waals surface area contributed by atoms with Crippen LogP contribution in [0.5, 0.6) is 0 Å². The van der Waals surface area contributed by atoms with Crippen molar-refractivity contribution in [3.05, 3.63) is 0 Å². The number of rotatable bonds is 4. The van der Waals surface area contributed by atoms with Crippen LogP contribution in [-0.4, -0.2) is 43.0 Å². The van der Waals surface area contributed by atoms with Gasteiger partial charge in [0, 0.05) is 19.0 Å². The van der Waals surface area contributed by atoms with Crippen LogP contribution in [0.1, 0.15) is 51.9 Å². The van der Waals surface area contributed by atoms with Crippen molar-refractivity contribution in [2.45, 2.75) is 58.0 Å². The zero-order valence-corrected chi connectivity index (χ0v) is 11.7. The summed E-state index contributed by atoms with van der Waals surface area (Å²) in [7, 11) is 0. The van der Waals surface area contributed by atoms with E-state index in [1.807, 2.05) is 0 Å². The summed E-state index contributed by atoms with van der Waals surface area (Å²) in [5.74, 6) is 0.664. The Kier molecular flexibility index (Phi) is 5.64. The molecule has 0 spiro atoms. The molecule has 18 heavy (non-hydrogen) atoms. The number of nitrogens with zero attached hydrogens (tertiary/aromatic N) is 1. The number of morpholine rings is 1. The van der Waals surface area contributed by atoms with Crippen LogP contribution in [0.15, 0.2) is 0 Å². The van der Waals surface area contributed by atoms with Gasteiger partial charge in [-0.05, 0) is 25.8 Å². The van der Waals surface area contributed by atoms with Gasteiger partial charge in [0.1, 0.15) is 6.10 Å². The van der Waals surface area contributed by atoms with Crippen LogP contribution in [0.25, 0.3) is 0 Å². The highest BCUT2D eigenvalue weighted by atomic mass is 16.5. The molecule has 3 heteroatoms. The Bertz CT molecular complexity index is 257. The van der Waals surface area contributed by atoms with E-state index in [1.165, 1.54) is 25.7 Å². The van der Waals surface area contributed by atoms with Crippen molar-refractivity contribution in [1.29, 1.82) is 0 Å². The molecular weight excluding hydrogens is 226 g/mol. The second kappa shape index (κ2) is 7.25. The number of ether oxygens (including phenoxy) is 1. The molecule has 1 saturated carbocycles. The van der Waals surface area contributed by atoms with E-state index < -0.39 is 0 Å². The summed E-state index contributed by atoms with van der Waals surface area (Å²) >= 11 is 0. The number of ketones is 1. The Morgan fingerprint density at radius 3 is 2.61 bits per heavy atom. The predicted octanol–water partition coefficient (Wildman–Crippen LogP) is 2.64. The maximum absolute atomic E-state index is 12.5. The lowest BCUT2D eigenvalue weighted by molar-refractivity contribution is -0.140. The summed E-state index contributed by atoms with van der Waals surface area (Å²) < 4.78 is 5.72. The van der Waals surface area contributed by atoms with Crippen LogP contribution >= 0.6 is 0 Å². The summed E-state index contributed by atoms with van der Waals surface area (Å²) in [5.41, 5.74) is 0. The highest BCUT2D eigenvalue weighted by Gasteiger charge is 2.31. The summed E-state index contributed by atoms with van der Waals surface area (Å²) in [4.78, 5) is 14.9. The lowest BCUT2D eigenvalue weighted by Gasteiger charge is -2.33. The Morgan fingerprint density at radius 2 is 1.94 bits per heavy atom. The molecule has 0 radical (unpaired) electrons. The fourth-order valence-corrected chi connectivity index (χ4v) is 3.22. The predicted molar refractivity (Wildman–Crippen MR) is 72.7 cm³/mol. The van der Waals surface area contributed by atoms with Crippen molar-refractivity contribution in [3.8, 4) is 0 Å². The van der Waals surface area contributed by atoms with Gasteiger partial charge in [-0.2, -0.15) is 0 Å². The highest BCUT2D eigenvalue weighted by molar-refractivity contribution is 5.85. The largest absolute Gasteiger partial charge is 0.368 e. The standard InChI is InChI=1S/C15H27NO2/c1-2-9-16-10-11-18-14(12-16)15(17)13-7-5-3-4-6-8-13/h13-14H,2-12H2,1H3. The second-order valence-corrected chi connectivity index (χ2v) is 5.75. The molecule has 1 aliphatic carbocycles. The fraction of sp³-hybridized carbons (Fsp3) is 0.933. The van der Waals surface area contributed by atoms with Gasteiger partial charge in [0.2, 0.25) is 0 Å². The monoisotopic (exact) mass is 253 g/mol. The zero-order chi connectivity index (χ0) is 12.8. The molecular formula is C15H27NO2. The van der Waals surface area contributed by atoms with Crippen LogP contribution in [0, 0.1) is 5.92 Å². The number of carbonyl (C=O) groups excluding carboxylic acids is 1. The third-order valence-electron chi connectivity index (χ3n) is 4.27. The molecule has 1 aliphatic heterocycles. The van der Waals surface area contributed by atoms with Gasteiger partial charge in [0.25, 0.3) is 0 Å². The molecule has 2 rings (SSSR count). The Balaban J connectivity index is 1.86. The Labute approximate surface area is 111 Å². The van der Waals surface area contributed by atoms with E-state index >= 15 is 0 Å². The van der Waals surface area contributed by atoms with E-state index in [9.17, 15) is 4.79 Å². The SMILES string of the molecule is CCCN1CCOC(C(=O)C2CCCCCC2)C1. The minimum Gasteiger partial charge on any atom is -0.368 e.